The third kappa shape index (κ3) is 2.72. The molecule has 94 valence electrons. The molecule has 1 rings (SSSR count). The predicted molar refractivity (Wildman–Crippen MR) is 59.8 cm³/mol. The lowest BCUT2D eigenvalue weighted by Gasteiger charge is -2.40. The van der Waals surface area contributed by atoms with E-state index in [-0.39, 0.29) is 18.5 Å². The second-order valence-electron chi connectivity index (χ2n) is 4.52. The molecule has 0 amide bonds. The second-order valence-corrected chi connectivity index (χ2v) is 4.52. The van der Waals surface area contributed by atoms with E-state index in [0.29, 0.717) is 12.1 Å². The first-order valence-corrected chi connectivity index (χ1v) is 5.51. The van der Waals surface area contributed by atoms with Crippen LogP contribution in [0.25, 0.3) is 0 Å². The summed E-state index contributed by atoms with van der Waals surface area (Å²) in [4.78, 5) is 0. The Morgan fingerprint density at radius 2 is 2.19 bits per heavy atom. The van der Waals surface area contributed by atoms with Crippen LogP contribution in [0.3, 0.4) is 0 Å². The molecule has 0 bridgehead atoms. The van der Waals surface area contributed by atoms with E-state index in [1.54, 1.807) is 7.11 Å². The highest BCUT2D eigenvalue weighted by atomic mass is 16.7. The first kappa shape index (κ1) is 13.4. The van der Waals surface area contributed by atoms with Crippen molar-refractivity contribution in [1.29, 1.82) is 0 Å². The molecule has 5 nitrogen and oxygen atoms in total. The van der Waals surface area contributed by atoms with Gasteiger partial charge in [0.05, 0.1) is 6.10 Å². The highest BCUT2D eigenvalue weighted by Gasteiger charge is 2.43. The Bertz CT molecular complexity index is 267. The van der Waals surface area contributed by atoms with Crippen LogP contribution in [-0.4, -0.2) is 42.1 Å². The van der Waals surface area contributed by atoms with Gasteiger partial charge in [-0.2, -0.15) is 0 Å². The van der Waals surface area contributed by atoms with Crippen LogP contribution in [0.4, 0.5) is 0 Å². The average molecular weight is 231 g/mol. The van der Waals surface area contributed by atoms with E-state index in [0.717, 1.165) is 0 Å². The fourth-order valence-corrected chi connectivity index (χ4v) is 1.95. The summed E-state index contributed by atoms with van der Waals surface area (Å²) in [5.74, 6) is 0. The summed E-state index contributed by atoms with van der Waals surface area (Å²) in [5, 5.41) is 12.3. The molecule has 3 atom stereocenters. The number of oxime groups is 1. The van der Waals surface area contributed by atoms with Gasteiger partial charge in [-0.3, -0.25) is 0 Å². The second kappa shape index (κ2) is 5.12. The van der Waals surface area contributed by atoms with Crippen molar-refractivity contribution in [3.05, 3.63) is 0 Å². The summed E-state index contributed by atoms with van der Waals surface area (Å²) in [6.07, 6.45) is -0.0328. The molecule has 1 N–H and O–H groups in total. The van der Waals surface area contributed by atoms with Gasteiger partial charge < -0.3 is 19.4 Å². The van der Waals surface area contributed by atoms with Gasteiger partial charge in [-0.1, -0.05) is 5.16 Å². The molecule has 0 aliphatic carbocycles. The summed E-state index contributed by atoms with van der Waals surface area (Å²) < 4.78 is 16.6. The van der Waals surface area contributed by atoms with Crippen molar-refractivity contribution in [3.8, 4) is 0 Å². The smallest absolute Gasteiger partial charge is 0.161 e. The lowest BCUT2D eigenvalue weighted by Crippen LogP contribution is -2.53. The van der Waals surface area contributed by atoms with Gasteiger partial charge in [-0.15, -0.1) is 0 Å². The maximum absolute atomic E-state index is 8.98. The van der Waals surface area contributed by atoms with Crippen LogP contribution in [0.2, 0.25) is 0 Å². The van der Waals surface area contributed by atoms with E-state index in [2.05, 4.69) is 5.16 Å². The van der Waals surface area contributed by atoms with Crippen molar-refractivity contribution in [2.24, 2.45) is 5.16 Å². The summed E-state index contributed by atoms with van der Waals surface area (Å²) in [6.45, 7) is 7.60. The Kier molecular flexibility index (Phi) is 4.29. The number of ether oxygens (including phenoxy) is 3. The molecule has 1 heterocycles. The fraction of sp³-hybridized carbons (Fsp3) is 0.909. The minimum absolute atomic E-state index is 0.0888. The van der Waals surface area contributed by atoms with E-state index in [4.69, 9.17) is 19.4 Å². The van der Waals surface area contributed by atoms with Gasteiger partial charge in [0.25, 0.3) is 0 Å². The Hall–Kier alpha value is -0.650. The fourth-order valence-electron chi connectivity index (χ4n) is 1.95. The van der Waals surface area contributed by atoms with Crippen molar-refractivity contribution >= 4 is 5.71 Å². The van der Waals surface area contributed by atoms with Crippen molar-refractivity contribution in [1.82, 2.24) is 0 Å². The minimum Gasteiger partial charge on any atom is -0.411 e. The molecule has 1 fully saturated rings. The molecule has 0 spiro atoms. The molecule has 1 aliphatic heterocycles. The predicted octanol–water partition coefficient (Wildman–Crippen LogP) is 1.78. The third-order valence-electron chi connectivity index (χ3n) is 2.82. The molecule has 5 heteroatoms. The lowest BCUT2D eigenvalue weighted by molar-refractivity contribution is -0.208. The lowest BCUT2D eigenvalue weighted by atomic mass is 9.89. The number of hydrogen-bond donors (Lipinski definition) is 1. The Morgan fingerprint density at radius 3 is 2.62 bits per heavy atom. The van der Waals surface area contributed by atoms with Crippen molar-refractivity contribution in [2.45, 2.75) is 58.2 Å². The molecule has 1 aliphatic rings. The number of rotatable bonds is 3. The normalized spacial score (nSPS) is 38.2. The van der Waals surface area contributed by atoms with Crippen LogP contribution in [0.5, 0.6) is 0 Å². The molecule has 0 aromatic heterocycles. The van der Waals surface area contributed by atoms with Gasteiger partial charge in [-0.05, 0) is 27.7 Å². The van der Waals surface area contributed by atoms with Gasteiger partial charge in [0.2, 0.25) is 0 Å². The van der Waals surface area contributed by atoms with Crippen LogP contribution in [0, 0.1) is 0 Å². The zero-order chi connectivity index (χ0) is 12.3. The Labute approximate surface area is 96.4 Å². The van der Waals surface area contributed by atoms with Crippen molar-refractivity contribution < 1.29 is 19.4 Å². The minimum atomic E-state index is -0.633. The molecule has 0 saturated carbocycles. The van der Waals surface area contributed by atoms with Gasteiger partial charge in [0, 0.05) is 13.5 Å². The van der Waals surface area contributed by atoms with Crippen LogP contribution < -0.4 is 0 Å². The molecule has 1 saturated heterocycles. The maximum Gasteiger partial charge on any atom is 0.161 e. The zero-order valence-corrected chi connectivity index (χ0v) is 10.6. The van der Waals surface area contributed by atoms with E-state index in [1.807, 2.05) is 27.7 Å². The maximum atomic E-state index is 8.98. The quantitative estimate of drug-likeness (QED) is 0.594. The first-order chi connectivity index (χ1) is 7.42. The summed E-state index contributed by atoms with van der Waals surface area (Å²) in [5.41, 5.74) is -0.134. The van der Waals surface area contributed by atoms with Gasteiger partial charge >= 0.3 is 0 Å². The summed E-state index contributed by atoms with van der Waals surface area (Å²) in [7, 11) is 1.59. The number of nitrogens with zero attached hydrogens (tertiary/aromatic N) is 1. The molecule has 0 radical (unpaired) electrons. The number of hydrogen-bond acceptors (Lipinski definition) is 5. The van der Waals surface area contributed by atoms with Crippen LogP contribution >= 0.6 is 0 Å². The highest BCUT2D eigenvalue weighted by Crippen LogP contribution is 2.30. The first-order valence-electron chi connectivity index (χ1n) is 5.51. The van der Waals surface area contributed by atoms with Gasteiger partial charge in [0.1, 0.15) is 17.4 Å². The summed E-state index contributed by atoms with van der Waals surface area (Å²) >= 11 is 0. The molecule has 0 aromatic carbocycles. The van der Waals surface area contributed by atoms with Crippen molar-refractivity contribution in [2.75, 3.05) is 7.11 Å². The molecule has 3 unspecified atom stereocenters. The standard InChI is InChI=1S/C11H21NO4/c1-7(2)15-9-6-11(4,14-5)10(12-13)8(3)16-9/h7-9,13H,6H2,1-5H3/b12-10-. The molecular weight excluding hydrogens is 210 g/mol. The third-order valence-corrected chi connectivity index (χ3v) is 2.82. The molecular formula is C11H21NO4. The highest BCUT2D eigenvalue weighted by molar-refractivity contribution is 5.95. The van der Waals surface area contributed by atoms with Crippen LogP contribution in [0.1, 0.15) is 34.1 Å². The summed E-state index contributed by atoms with van der Waals surface area (Å²) in [6, 6.07) is 0. The van der Waals surface area contributed by atoms with Crippen molar-refractivity contribution in [3.63, 3.8) is 0 Å². The van der Waals surface area contributed by atoms with E-state index in [9.17, 15) is 0 Å². The van der Waals surface area contributed by atoms with Crippen LogP contribution in [0.15, 0.2) is 5.16 Å². The molecule has 16 heavy (non-hydrogen) atoms. The average Bonchev–Trinajstić information content (AvgIpc) is 2.16. The molecule has 0 aromatic rings. The van der Waals surface area contributed by atoms with E-state index >= 15 is 0 Å². The van der Waals surface area contributed by atoms with Crippen LogP contribution in [-0.2, 0) is 14.2 Å². The SMILES string of the molecule is COC1(C)CC(OC(C)C)OC(C)/C1=N/O. The Balaban J connectivity index is 2.81. The Morgan fingerprint density at radius 1 is 1.56 bits per heavy atom. The van der Waals surface area contributed by atoms with Gasteiger partial charge in [0.15, 0.2) is 6.29 Å². The monoisotopic (exact) mass is 231 g/mol. The number of methoxy groups -OCH3 is 1. The van der Waals surface area contributed by atoms with E-state index < -0.39 is 5.60 Å². The van der Waals surface area contributed by atoms with Gasteiger partial charge in [-0.25, -0.2) is 0 Å². The topological polar surface area (TPSA) is 60.3 Å². The largest absolute Gasteiger partial charge is 0.411 e. The zero-order valence-electron chi connectivity index (χ0n) is 10.6. The van der Waals surface area contributed by atoms with E-state index in [1.165, 1.54) is 0 Å².